The van der Waals surface area contributed by atoms with E-state index in [2.05, 4.69) is 0 Å². The minimum absolute atomic E-state index is 0.0410. The van der Waals surface area contributed by atoms with Gasteiger partial charge in [-0.2, -0.15) is 0 Å². The summed E-state index contributed by atoms with van der Waals surface area (Å²) in [6.45, 7) is 0.362. The third-order valence-electron chi connectivity index (χ3n) is 5.28. The van der Waals surface area contributed by atoms with Gasteiger partial charge in [0.05, 0.1) is 30.1 Å². The summed E-state index contributed by atoms with van der Waals surface area (Å²) in [6, 6.07) is 25.9. The number of benzene rings is 3. The Hall–Kier alpha value is -3.55. The number of halogens is 1. The Balaban J connectivity index is 1.71. The van der Waals surface area contributed by atoms with Crippen LogP contribution in [-0.2, 0) is 23.1 Å². The minimum atomic E-state index is -4.10. The Morgan fingerprint density at radius 3 is 2.21 bits per heavy atom. The van der Waals surface area contributed by atoms with Gasteiger partial charge >= 0.3 is 0 Å². The quantitative estimate of drug-likeness (QED) is 0.319. The predicted molar refractivity (Wildman–Crippen MR) is 132 cm³/mol. The number of anilines is 1. The number of rotatable bonds is 8. The highest BCUT2D eigenvalue weighted by Gasteiger charge is 2.29. The molecular formula is C26H23ClN2O4S. The zero-order valence-electron chi connectivity index (χ0n) is 18.5. The molecule has 0 N–H and O–H groups in total. The van der Waals surface area contributed by atoms with Crippen molar-refractivity contribution in [1.29, 1.82) is 0 Å². The number of carbonyl (C=O) groups excluding carboxylic acids is 1. The van der Waals surface area contributed by atoms with Crippen LogP contribution in [0.5, 0.6) is 0 Å². The maximum atomic E-state index is 13.9. The van der Waals surface area contributed by atoms with Crippen LogP contribution in [0, 0.1) is 0 Å². The van der Waals surface area contributed by atoms with Gasteiger partial charge in [0.15, 0.2) is 0 Å². The molecule has 0 atom stereocenters. The standard InChI is InChI=1S/C26H23ClN2O4S/c1-28(19-23-13-8-16-33-23)26(30)21-14-15-24(27)25(17-21)34(31,32)29(22-11-6-3-7-12-22)18-20-9-4-2-5-10-20/h2-17H,18-19H2,1H3. The number of carbonyl (C=O) groups is 1. The Bertz CT molecular complexity index is 1360. The molecule has 0 aliphatic heterocycles. The second-order valence-corrected chi connectivity index (χ2v) is 9.96. The van der Waals surface area contributed by atoms with Crippen LogP contribution in [0.3, 0.4) is 0 Å². The lowest BCUT2D eigenvalue weighted by atomic mass is 10.2. The van der Waals surface area contributed by atoms with Crippen LogP contribution in [0.15, 0.2) is 107 Å². The average Bonchev–Trinajstić information content (AvgIpc) is 3.36. The summed E-state index contributed by atoms with van der Waals surface area (Å²) in [5.41, 5.74) is 1.52. The second-order valence-electron chi connectivity index (χ2n) is 7.72. The summed E-state index contributed by atoms with van der Waals surface area (Å²) < 4.78 is 34.3. The van der Waals surface area contributed by atoms with Crippen molar-refractivity contribution in [2.75, 3.05) is 11.4 Å². The molecule has 3 aromatic carbocycles. The second kappa shape index (κ2) is 10.2. The fraction of sp³-hybridized carbons (Fsp3) is 0.115. The molecule has 174 valence electrons. The highest BCUT2D eigenvalue weighted by atomic mass is 35.5. The highest BCUT2D eigenvalue weighted by molar-refractivity contribution is 7.93. The molecule has 4 rings (SSSR count). The Morgan fingerprint density at radius 2 is 1.56 bits per heavy atom. The first kappa shape index (κ1) is 23.6. The van der Waals surface area contributed by atoms with Crippen LogP contribution in [0.4, 0.5) is 5.69 Å². The molecule has 8 heteroatoms. The molecule has 34 heavy (non-hydrogen) atoms. The van der Waals surface area contributed by atoms with Crippen molar-refractivity contribution < 1.29 is 17.6 Å². The number of para-hydroxylation sites is 1. The normalized spacial score (nSPS) is 11.2. The molecule has 1 aromatic heterocycles. The number of hydrogen-bond donors (Lipinski definition) is 0. The maximum Gasteiger partial charge on any atom is 0.266 e. The molecule has 0 spiro atoms. The first-order valence-electron chi connectivity index (χ1n) is 10.6. The van der Waals surface area contributed by atoms with E-state index in [-0.39, 0.29) is 34.5 Å². The summed E-state index contributed by atoms with van der Waals surface area (Å²) in [5, 5.41) is 0.0410. The number of sulfonamides is 1. The van der Waals surface area contributed by atoms with Gasteiger partial charge in [0.1, 0.15) is 10.7 Å². The predicted octanol–water partition coefficient (Wildman–Crippen LogP) is 5.60. The van der Waals surface area contributed by atoms with E-state index in [4.69, 9.17) is 16.0 Å². The fourth-order valence-electron chi connectivity index (χ4n) is 3.54. The summed E-state index contributed by atoms with van der Waals surface area (Å²) in [6.07, 6.45) is 1.53. The van der Waals surface area contributed by atoms with Gasteiger partial charge in [-0.1, -0.05) is 60.1 Å². The highest BCUT2D eigenvalue weighted by Crippen LogP contribution is 2.31. The van der Waals surface area contributed by atoms with Crippen molar-refractivity contribution in [3.05, 3.63) is 119 Å². The van der Waals surface area contributed by atoms with Gasteiger partial charge < -0.3 is 9.32 Å². The molecule has 0 radical (unpaired) electrons. The first-order valence-corrected chi connectivity index (χ1v) is 12.4. The third kappa shape index (κ3) is 5.16. The van der Waals surface area contributed by atoms with E-state index in [0.29, 0.717) is 11.4 Å². The van der Waals surface area contributed by atoms with Crippen LogP contribution in [-0.4, -0.2) is 26.3 Å². The van der Waals surface area contributed by atoms with Crippen molar-refractivity contribution in [2.45, 2.75) is 18.0 Å². The largest absolute Gasteiger partial charge is 0.467 e. The summed E-state index contributed by atoms with van der Waals surface area (Å²) >= 11 is 6.37. The van der Waals surface area contributed by atoms with Crippen molar-refractivity contribution >= 4 is 33.2 Å². The molecule has 0 unspecified atom stereocenters. The van der Waals surface area contributed by atoms with Crippen molar-refractivity contribution in [1.82, 2.24) is 4.90 Å². The lowest BCUT2D eigenvalue weighted by Crippen LogP contribution is -2.31. The van der Waals surface area contributed by atoms with E-state index >= 15 is 0 Å². The molecular weight excluding hydrogens is 472 g/mol. The average molecular weight is 495 g/mol. The first-order chi connectivity index (χ1) is 16.4. The Kier molecular flexibility index (Phi) is 7.05. The van der Waals surface area contributed by atoms with Crippen LogP contribution in [0.1, 0.15) is 21.7 Å². The van der Waals surface area contributed by atoms with E-state index in [1.807, 2.05) is 36.4 Å². The zero-order chi connectivity index (χ0) is 24.1. The van der Waals surface area contributed by atoms with Gasteiger partial charge in [0.25, 0.3) is 15.9 Å². The molecule has 0 aliphatic carbocycles. The molecule has 0 bridgehead atoms. The lowest BCUT2D eigenvalue weighted by molar-refractivity contribution is 0.0775. The molecule has 0 saturated heterocycles. The molecule has 0 saturated carbocycles. The summed E-state index contributed by atoms with van der Waals surface area (Å²) in [5.74, 6) is 0.273. The smallest absolute Gasteiger partial charge is 0.266 e. The van der Waals surface area contributed by atoms with Crippen LogP contribution >= 0.6 is 11.6 Å². The summed E-state index contributed by atoms with van der Waals surface area (Å²) in [4.78, 5) is 14.3. The van der Waals surface area contributed by atoms with E-state index < -0.39 is 10.0 Å². The van der Waals surface area contributed by atoms with E-state index in [1.54, 1.807) is 43.4 Å². The number of furan rings is 1. The molecule has 0 fully saturated rings. The molecule has 0 aliphatic rings. The van der Waals surface area contributed by atoms with Gasteiger partial charge in [-0.05, 0) is 48.0 Å². The minimum Gasteiger partial charge on any atom is -0.467 e. The molecule has 1 amide bonds. The SMILES string of the molecule is CN(Cc1ccco1)C(=O)c1ccc(Cl)c(S(=O)(=O)N(Cc2ccccc2)c2ccccc2)c1. The van der Waals surface area contributed by atoms with Crippen molar-refractivity contribution in [3.8, 4) is 0 Å². The molecule has 4 aromatic rings. The zero-order valence-corrected chi connectivity index (χ0v) is 20.0. The summed E-state index contributed by atoms with van der Waals surface area (Å²) in [7, 11) is -2.48. The third-order valence-corrected chi connectivity index (χ3v) is 7.53. The number of nitrogens with zero attached hydrogens (tertiary/aromatic N) is 2. The Morgan fingerprint density at radius 1 is 0.882 bits per heavy atom. The van der Waals surface area contributed by atoms with E-state index in [9.17, 15) is 13.2 Å². The van der Waals surface area contributed by atoms with Crippen molar-refractivity contribution in [2.24, 2.45) is 0 Å². The lowest BCUT2D eigenvalue weighted by Gasteiger charge is -2.25. The molecule has 6 nitrogen and oxygen atoms in total. The maximum absolute atomic E-state index is 13.9. The van der Waals surface area contributed by atoms with Gasteiger partial charge in [0.2, 0.25) is 0 Å². The van der Waals surface area contributed by atoms with E-state index in [0.717, 1.165) is 5.56 Å². The fourth-order valence-corrected chi connectivity index (χ4v) is 5.50. The van der Waals surface area contributed by atoms with Crippen LogP contribution < -0.4 is 4.31 Å². The Labute approximate surface area is 204 Å². The van der Waals surface area contributed by atoms with Crippen molar-refractivity contribution in [3.63, 3.8) is 0 Å². The van der Waals surface area contributed by atoms with Gasteiger partial charge in [0, 0.05) is 12.6 Å². The molecule has 1 heterocycles. The number of hydrogen-bond acceptors (Lipinski definition) is 4. The number of amides is 1. The van der Waals surface area contributed by atoms with Gasteiger partial charge in [-0.15, -0.1) is 0 Å². The van der Waals surface area contributed by atoms with Gasteiger partial charge in [-0.25, -0.2) is 8.42 Å². The monoisotopic (exact) mass is 494 g/mol. The topological polar surface area (TPSA) is 70.8 Å². The van der Waals surface area contributed by atoms with E-state index in [1.165, 1.54) is 33.7 Å². The van der Waals surface area contributed by atoms with Gasteiger partial charge in [-0.3, -0.25) is 9.10 Å². The van der Waals surface area contributed by atoms with Crippen LogP contribution in [0.25, 0.3) is 0 Å². The van der Waals surface area contributed by atoms with Crippen LogP contribution in [0.2, 0.25) is 5.02 Å².